The van der Waals surface area contributed by atoms with Gasteiger partial charge in [0, 0.05) is 22.2 Å². The molecule has 2 N–H and O–H groups in total. The normalized spacial score (nSPS) is 33.2. The summed E-state index contributed by atoms with van der Waals surface area (Å²) in [5.74, 6) is 0. The molecule has 1 heterocycles. The highest BCUT2D eigenvalue weighted by Gasteiger charge is 2.37. The first kappa shape index (κ1) is 10.1. The molecule has 1 fully saturated rings. The molecule has 0 saturated heterocycles. The second kappa shape index (κ2) is 3.63. The summed E-state index contributed by atoms with van der Waals surface area (Å²) in [6, 6.07) is 3.94. The first-order chi connectivity index (χ1) is 6.60. The molecule has 0 spiro atoms. The van der Waals surface area contributed by atoms with Gasteiger partial charge in [-0.05, 0) is 38.3 Å². The van der Waals surface area contributed by atoms with Crippen molar-refractivity contribution in [2.24, 2.45) is 5.73 Å². The quantitative estimate of drug-likeness (QED) is 0.762. The van der Waals surface area contributed by atoms with Crippen LogP contribution in [0.5, 0.6) is 0 Å². The van der Waals surface area contributed by atoms with Crippen molar-refractivity contribution in [1.82, 2.24) is 0 Å². The molecule has 2 atom stereocenters. The lowest BCUT2D eigenvalue weighted by molar-refractivity contribution is 0.0988. The van der Waals surface area contributed by atoms with Gasteiger partial charge in [-0.1, -0.05) is 0 Å². The molecule has 0 aliphatic heterocycles. The highest BCUT2D eigenvalue weighted by Crippen LogP contribution is 2.42. The molecule has 78 valence electrons. The van der Waals surface area contributed by atoms with Crippen LogP contribution in [-0.4, -0.2) is 6.04 Å². The Kier molecular flexibility index (Phi) is 2.62. The molecule has 1 nitrogen and oxygen atoms in total. The van der Waals surface area contributed by atoms with Crippen molar-refractivity contribution >= 4 is 11.3 Å². The van der Waals surface area contributed by atoms with E-state index < -0.39 is 5.67 Å². The van der Waals surface area contributed by atoms with Crippen LogP contribution in [0.3, 0.4) is 0 Å². The molecule has 2 unspecified atom stereocenters. The van der Waals surface area contributed by atoms with Crippen LogP contribution in [0.2, 0.25) is 0 Å². The predicted octanol–water partition coefficient (Wildman–Crippen LogP) is 3.12. The molecule has 1 aromatic heterocycles. The molecule has 1 saturated carbocycles. The van der Waals surface area contributed by atoms with E-state index in [4.69, 9.17) is 5.73 Å². The summed E-state index contributed by atoms with van der Waals surface area (Å²) in [5, 5.41) is 0. The van der Waals surface area contributed by atoms with Crippen LogP contribution in [0.1, 0.15) is 35.4 Å². The first-order valence-corrected chi connectivity index (χ1v) is 5.93. The highest BCUT2D eigenvalue weighted by atomic mass is 32.1. The van der Waals surface area contributed by atoms with Crippen molar-refractivity contribution in [2.45, 2.75) is 44.3 Å². The van der Waals surface area contributed by atoms with Gasteiger partial charge in [-0.15, -0.1) is 11.3 Å². The van der Waals surface area contributed by atoms with Crippen molar-refractivity contribution in [2.75, 3.05) is 0 Å². The van der Waals surface area contributed by atoms with Gasteiger partial charge in [0.25, 0.3) is 0 Å². The monoisotopic (exact) mass is 213 g/mol. The Morgan fingerprint density at radius 2 is 2.36 bits per heavy atom. The first-order valence-electron chi connectivity index (χ1n) is 5.11. The minimum absolute atomic E-state index is 0.0381. The maximum atomic E-state index is 14.5. The van der Waals surface area contributed by atoms with Gasteiger partial charge in [-0.25, -0.2) is 4.39 Å². The highest BCUT2D eigenvalue weighted by molar-refractivity contribution is 7.12. The lowest BCUT2D eigenvalue weighted by atomic mass is 9.82. The average Bonchev–Trinajstić information content (AvgIpc) is 2.52. The van der Waals surface area contributed by atoms with Crippen molar-refractivity contribution in [3.05, 3.63) is 21.9 Å². The van der Waals surface area contributed by atoms with Crippen LogP contribution in [0.15, 0.2) is 12.1 Å². The van der Waals surface area contributed by atoms with Crippen LogP contribution in [0.4, 0.5) is 4.39 Å². The summed E-state index contributed by atoms with van der Waals surface area (Å²) < 4.78 is 14.5. The van der Waals surface area contributed by atoms with Gasteiger partial charge in [-0.2, -0.15) is 0 Å². The Hall–Kier alpha value is -0.410. The van der Waals surface area contributed by atoms with E-state index in [9.17, 15) is 4.39 Å². The van der Waals surface area contributed by atoms with Crippen molar-refractivity contribution < 1.29 is 4.39 Å². The average molecular weight is 213 g/mol. The van der Waals surface area contributed by atoms with Gasteiger partial charge in [-0.3, -0.25) is 0 Å². The zero-order valence-corrected chi connectivity index (χ0v) is 9.24. The van der Waals surface area contributed by atoms with E-state index in [0.717, 1.165) is 17.7 Å². The predicted molar refractivity (Wildman–Crippen MR) is 58.3 cm³/mol. The fourth-order valence-corrected chi connectivity index (χ4v) is 3.15. The van der Waals surface area contributed by atoms with E-state index >= 15 is 0 Å². The van der Waals surface area contributed by atoms with Crippen molar-refractivity contribution in [1.29, 1.82) is 0 Å². The van der Waals surface area contributed by atoms with Gasteiger partial charge in [0.1, 0.15) is 5.67 Å². The van der Waals surface area contributed by atoms with Crippen LogP contribution in [0.25, 0.3) is 0 Å². The van der Waals surface area contributed by atoms with Crippen LogP contribution >= 0.6 is 11.3 Å². The molecule has 0 bridgehead atoms. The maximum Gasteiger partial charge on any atom is 0.146 e. The Bertz CT molecular complexity index is 323. The van der Waals surface area contributed by atoms with Gasteiger partial charge < -0.3 is 5.73 Å². The van der Waals surface area contributed by atoms with Crippen LogP contribution in [0, 0.1) is 6.92 Å². The Morgan fingerprint density at radius 1 is 1.57 bits per heavy atom. The Balaban J connectivity index is 2.22. The van der Waals surface area contributed by atoms with Gasteiger partial charge in [0.05, 0.1) is 0 Å². The number of hydrogen-bond donors (Lipinski definition) is 1. The number of aryl methyl sites for hydroxylation is 1. The molecule has 1 aliphatic carbocycles. The minimum Gasteiger partial charge on any atom is -0.328 e. The minimum atomic E-state index is -1.14. The number of thiophene rings is 1. The summed E-state index contributed by atoms with van der Waals surface area (Å²) >= 11 is 1.56. The summed E-state index contributed by atoms with van der Waals surface area (Å²) in [5.41, 5.74) is 4.68. The number of halogens is 1. The van der Waals surface area contributed by atoms with Crippen LogP contribution < -0.4 is 5.73 Å². The SMILES string of the molecule is Cc1ccc(C2(F)CCCC(N)C2)s1. The second-order valence-corrected chi connectivity index (χ2v) is 5.52. The molecule has 14 heavy (non-hydrogen) atoms. The summed E-state index contributed by atoms with van der Waals surface area (Å²) in [4.78, 5) is 2.04. The van der Waals surface area contributed by atoms with Gasteiger partial charge >= 0.3 is 0 Å². The Morgan fingerprint density at radius 3 is 2.93 bits per heavy atom. The molecule has 1 aromatic rings. The number of rotatable bonds is 1. The smallest absolute Gasteiger partial charge is 0.146 e. The summed E-state index contributed by atoms with van der Waals surface area (Å²) in [6.07, 6.45) is 3.01. The molecular weight excluding hydrogens is 197 g/mol. The molecule has 0 radical (unpaired) electrons. The lowest BCUT2D eigenvalue weighted by Crippen LogP contribution is -2.35. The van der Waals surface area contributed by atoms with E-state index in [1.807, 2.05) is 19.1 Å². The molecule has 3 heteroatoms. The van der Waals surface area contributed by atoms with Crippen LogP contribution in [-0.2, 0) is 5.67 Å². The van der Waals surface area contributed by atoms with Crippen molar-refractivity contribution in [3.63, 3.8) is 0 Å². The van der Waals surface area contributed by atoms with E-state index in [2.05, 4.69) is 0 Å². The Labute approximate surface area is 88.1 Å². The summed E-state index contributed by atoms with van der Waals surface area (Å²) in [6.45, 7) is 2.01. The van der Waals surface area contributed by atoms with Gasteiger partial charge in [0.2, 0.25) is 0 Å². The third-order valence-corrected chi connectivity index (χ3v) is 4.10. The molecule has 2 rings (SSSR count). The topological polar surface area (TPSA) is 26.0 Å². The number of alkyl halides is 1. The van der Waals surface area contributed by atoms with E-state index in [-0.39, 0.29) is 6.04 Å². The molecular formula is C11H16FNS. The van der Waals surface area contributed by atoms with E-state index in [1.54, 1.807) is 11.3 Å². The standard InChI is InChI=1S/C11H16FNS/c1-8-4-5-10(14-8)11(12)6-2-3-9(13)7-11/h4-5,9H,2-3,6-7,13H2,1H3. The van der Waals surface area contributed by atoms with Gasteiger partial charge in [0.15, 0.2) is 0 Å². The zero-order valence-electron chi connectivity index (χ0n) is 8.42. The molecule has 0 aromatic carbocycles. The van der Waals surface area contributed by atoms with Crippen molar-refractivity contribution in [3.8, 4) is 0 Å². The largest absolute Gasteiger partial charge is 0.328 e. The summed E-state index contributed by atoms with van der Waals surface area (Å²) in [7, 11) is 0. The third-order valence-electron chi connectivity index (χ3n) is 2.92. The molecule has 0 amide bonds. The van der Waals surface area contributed by atoms with E-state index in [0.29, 0.717) is 12.8 Å². The fourth-order valence-electron chi connectivity index (χ4n) is 2.16. The second-order valence-electron chi connectivity index (χ2n) is 4.23. The van der Waals surface area contributed by atoms with E-state index in [1.165, 1.54) is 4.88 Å². The number of hydrogen-bond acceptors (Lipinski definition) is 2. The zero-order chi connectivity index (χ0) is 10.2. The number of nitrogens with two attached hydrogens (primary N) is 1. The fraction of sp³-hybridized carbons (Fsp3) is 0.636. The maximum absolute atomic E-state index is 14.5. The molecule has 1 aliphatic rings. The third kappa shape index (κ3) is 1.84. The lowest BCUT2D eigenvalue weighted by Gasteiger charge is -2.32.